The number of para-hydroxylation sites is 2. The number of aryl methyl sites for hydroxylation is 2. The maximum atomic E-state index is 12.1. The maximum Gasteiger partial charge on any atom is 0.337 e. The molecule has 0 aliphatic rings. The fraction of sp³-hybridized carbons (Fsp3) is 0.190. The average Bonchev–Trinajstić information content (AvgIpc) is 3.42. The number of nitrogens with one attached hydrogen (secondary N) is 2. The lowest BCUT2D eigenvalue weighted by molar-refractivity contribution is -0.113. The predicted molar refractivity (Wildman–Crippen MR) is 115 cm³/mol. The molecule has 31 heavy (non-hydrogen) atoms. The largest absolute Gasteiger partial charge is 0.465 e. The quantitative estimate of drug-likeness (QED) is 0.318. The molecule has 0 fully saturated rings. The van der Waals surface area contributed by atoms with E-state index in [1.54, 1.807) is 24.3 Å². The highest BCUT2D eigenvalue weighted by molar-refractivity contribution is 7.99. The van der Waals surface area contributed by atoms with Crippen LogP contribution in [0.25, 0.3) is 11.0 Å². The number of esters is 1. The van der Waals surface area contributed by atoms with Crippen molar-refractivity contribution in [2.45, 2.75) is 18.1 Å². The van der Waals surface area contributed by atoms with Crippen molar-refractivity contribution >= 4 is 40.4 Å². The van der Waals surface area contributed by atoms with Crippen molar-refractivity contribution < 1.29 is 18.7 Å². The summed E-state index contributed by atoms with van der Waals surface area (Å²) in [4.78, 5) is 31.4. The van der Waals surface area contributed by atoms with Gasteiger partial charge in [0.15, 0.2) is 0 Å². The Morgan fingerprint density at radius 2 is 1.90 bits per heavy atom. The highest BCUT2D eigenvalue weighted by Gasteiger charge is 2.12. The van der Waals surface area contributed by atoms with Crippen molar-refractivity contribution in [2.75, 3.05) is 18.2 Å². The van der Waals surface area contributed by atoms with Crippen molar-refractivity contribution in [3.05, 3.63) is 65.8 Å². The van der Waals surface area contributed by atoms with Crippen LogP contribution in [-0.4, -0.2) is 44.9 Å². The first-order valence-corrected chi connectivity index (χ1v) is 10.5. The summed E-state index contributed by atoms with van der Waals surface area (Å²) in [6.45, 7) is 0. The van der Waals surface area contributed by atoms with Crippen LogP contribution in [0.4, 0.5) is 5.69 Å². The fourth-order valence-electron chi connectivity index (χ4n) is 2.88. The number of thioether (sulfide) groups is 1. The molecule has 0 saturated heterocycles. The summed E-state index contributed by atoms with van der Waals surface area (Å²) in [7, 11) is 1.32. The van der Waals surface area contributed by atoms with Gasteiger partial charge in [0, 0.05) is 18.5 Å². The number of ether oxygens (including phenoxy) is 1. The number of carbonyl (C=O) groups excluding carboxylic acids is 2. The number of fused-ring (bicyclic) bond motifs is 1. The van der Waals surface area contributed by atoms with Crippen LogP contribution < -0.4 is 5.32 Å². The number of rotatable bonds is 8. The second-order valence-electron chi connectivity index (χ2n) is 6.57. The number of H-pyrrole nitrogens is 1. The number of hydrogen-bond acceptors (Lipinski definition) is 8. The minimum atomic E-state index is -0.430. The van der Waals surface area contributed by atoms with Gasteiger partial charge in [-0.3, -0.25) is 4.79 Å². The van der Waals surface area contributed by atoms with Crippen molar-refractivity contribution in [3.8, 4) is 0 Å². The lowest BCUT2D eigenvalue weighted by Crippen LogP contribution is -2.14. The van der Waals surface area contributed by atoms with E-state index in [-0.39, 0.29) is 11.7 Å². The third kappa shape index (κ3) is 5.28. The first-order chi connectivity index (χ1) is 15.1. The van der Waals surface area contributed by atoms with E-state index in [2.05, 4.69) is 30.2 Å². The first kappa shape index (κ1) is 20.6. The maximum absolute atomic E-state index is 12.1. The van der Waals surface area contributed by atoms with Gasteiger partial charge in [-0.15, -0.1) is 10.2 Å². The number of carbonyl (C=O) groups is 2. The van der Waals surface area contributed by atoms with Crippen LogP contribution >= 0.6 is 11.8 Å². The van der Waals surface area contributed by atoms with E-state index in [1.807, 2.05) is 24.3 Å². The molecule has 0 aliphatic carbocycles. The molecule has 2 aromatic heterocycles. The molecular weight excluding hydrogens is 418 g/mol. The molecule has 0 atom stereocenters. The zero-order valence-corrected chi connectivity index (χ0v) is 17.4. The van der Waals surface area contributed by atoms with Gasteiger partial charge in [-0.25, -0.2) is 9.78 Å². The van der Waals surface area contributed by atoms with Crippen LogP contribution in [0.15, 0.2) is 58.2 Å². The Labute approximate surface area is 181 Å². The number of hydrogen-bond donors (Lipinski definition) is 2. The molecule has 4 rings (SSSR count). The van der Waals surface area contributed by atoms with E-state index in [1.165, 1.54) is 7.11 Å². The number of amides is 1. The summed E-state index contributed by atoms with van der Waals surface area (Å²) >= 11 is 1.16. The summed E-state index contributed by atoms with van der Waals surface area (Å²) in [6.07, 6.45) is 1.19. The Kier molecular flexibility index (Phi) is 6.27. The van der Waals surface area contributed by atoms with E-state index in [0.29, 0.717) is 35.2 Å². The van der Waals surface area contributed by atoms with Gasteiger partial charge in [-0.1, -0.05) is 23.9 Å². The molecule has 2 aromatic carbocycles. The number of methoxy groups -OCH3 is 1. The predicted octanol–water partition coefficient (Wildman–Crippen LogP) is 3.25. The Hall–Kier alpha value is -3.66. The highest BCUT2D eigenvalue weighted by Crippen LogP contribution is 2.18. The monoisotopic (exact) mass is 437 g/mol. The number of imidazole rings is 1. The van der Waals surface area contributed by atoms with E-state index in [4.69, 9.17) is 4.42 Å². The zero-order chi connectivity index (χ0) is 21.6. The van der Waals surface area contributed by atoms with Gasteiger partial charge in [-0.05, 0) is 36.4 Å². The number of aromatic nitrogens is 4. The van der Waals surface area contributed by atoms with Gasteiger partial charge in [-0.2, -0.15) is 0 Å². The number of anilines is 1. The highest BCUT2D eigenvalue weighted by atomic mass is 32.2. The number of nitrogens with zero attached hydrogens (tertiary/aromatic N) is 3. The van der Waals surface area contributed by atoms with Gasteiger partial charge < -0.3 is 19.5 Å². The summed E-state index contributed by atoms with van der Waals surface area (Å²) in [5, 5.41) is 11.1. The van der Waals surface area contributed by atoms with Gasteiger partial charge in [0.05, 0.1) is 29.5 Å². The summed E-state index contributed by atoms with van der Waals surface area (Å²) < 4.78 is 10.2. The number of benzene rings is 2. The first-order valence-electron chi connectivity index (χ1n) is 9.48. The van der Waals surface area contributed by atoms with Crippen molar-refractivity contribution in [1.29, 1.82) is 0 Å². The SMILES string of the molecule is COC(=O)c1ccc(NC(=O)CSc2nnc(CCc3nc4ccccc4[nH]3)o2)cc1. The zero-order valence-electron chi connectivity index (χ0n) is 16.6. The third-order valence-electron chi connectivity index (χ3n) is 4.38. The lowest BCUT2D eigenvalue weighted by atomic mass is 10.2. The molecule has 0 aliphatic heterocycles. The van der Waals surface area contributed by atoms with E-state index >= 15 is 0 Å². The second-order valence-corrected chi connectivity index (χ2v) is 7.49. The summed E-state index contributed by atoms with van der Waals surface area (Å²) in [5.74, 6) is 0.802. The fourth-order valence-corrected chi connectivity index (χ4v) is 3.46. The van der Waals surface area contributed by atoms with E-state index in [9.17, 15) is 9.59 Å². The van der Waals surface area contributed by atoms with Gasteiger partial charge in [0.1, 0.15) is 5.82 Å². The molecule has 4 aromatic rings. The lowest BCUT2D eigenvalue weighted by Gasteiger charge is -2.05. The summed E-state index contributed by atoms with van der Waals surface area (Å²) in [5.41, 5.74) is 2.90. The van der Waals surface area contributed by atoms with E-state index < -0.39 is 5.97 Å². The van der Waals surface area contributed by atoms with Crippen LogP contribution in [0.2, 0.25) is 0 Å². The molecule has 2 N–H and O–H groups in total. The molecule has 0 saturated carbocycles. The Balaban J connectivity index is 1.25. The molecule has 158 valence electrons. The normalized spacial score (nSPS) is 10.9. The minimum Gasteiger partial charge on any atom is -0.465 e. The molecule has 9 nitrogen and oxygen atoms in total. The van der Waals surface area contributed by atoms with Crippen LogP contribution in [-0.2, 0) is 22.4 Å². The minimum absolute atomic E-state index is 0.115. The Morgan fingerprint density at radius 3 is 2.68 bits per heavy atom. The average molecular weight is 437 g/mol. The second kappa shape index (κ2) is 9.43. The van der Waals surface area contributed by atoms with Crippen molar-refractivity contribution in [3.63, 3.8) is 0 Å². The molecule has 0 unspecified atom stereocenters. The van der Waals surface area contributed by atoms with Crippen LogP contribution in [0, 0.1) is 0 Å². The van der Waals surface area contributed by atoms with Crippen molar-refractivity contribution in [2.24, 2.45) is 0 Å². The third-order valence-corrected chi connectivity index (χ3v) is 5.20. The van der Waals surface area contributed by atoms with Gasteiger partial charge in [0.2, 0.25) is 11.8 Å². The molecule has 10 heteroatoms. The van der Waals surface area contributed by atoms with Crippen molar-refractivity contribution in [1.82, 2.24) is 20.2 Å². The van der Waals surface area contributed by atoms with Gasteiger partial charge >= 0.3 is 5.97 Å². The smallest absolute Gasteiger partial charge is 0.337 e. The van der Waals surface area contributed by atoms with E-state index in [0.717, 1.165) is 28.6 Å². The molecular formula is C21H19N5O4S. The van der Waals surface area contributed by atoms with Crippen LogP contribution in [0.5, 0.6) is 0 Å². The summed E-state index contributed by atoms with van der Waals surface area (Å²) in [6, 6.07) is 14.3. The number of aromatic amines is 1. The molecule has 0 bridgehead atoms. The van der Waals surface area contributed by atoms with Crippen LogP contribution in [0.1, 0.15) is 22.1 Å². The van der Waals surface area contributed by atoms with Gasteiger partial charge in [0.25, 0.3) is 5.22 Å². The topological polar surface area (TPSA) is 123 Å². The Bertz CT molecular complexity index is 1170. The van der Waals surface area contributed by atoms with Crippen LogP contribution in [0.3, 0.4) is 0 Å². The molecule has 2 heterocycles. The molecule has 0 spiro atoms. The molecule has 0 radical (unpaired) electrons. The standard InChI is InChI=1S/C21H19N5O4S/c1-29-20(28)13-6-8-14(9-7-13)22-18(27)12-31-21-26-25-19(30-21)11-10-17-23-15-4-2-3-5-16(15)24-17/h2-9H,10-12H2,1H3,(H,22,27)(H,23,24). The molecule has 1 amide bonds. The Morgan fingerprint density at radius 1 is 1.10 bits per heavy atom.